The summed E-state index contributed by atoms with van der Waals surface area (Å²) in [7, 11) is 0. The van der Waals surface area contributed by atoms with Crippen LogP contribution in [0.15, 0.2) is 0 Å². The van der Waals surface area contributed by atoms with Crippen LogP contribution in [0.25, 0.3) is 0 Å². The summed E-state index contributed by atoms with van der Waals surface area (Å²) in [6, 6.07) is 0.804. The van der Waals surface area contributed by atoms with Gasteiger partial charge in [-0.25, -0.2) is 0 Å². The van der Waals surface area contributed by atoms with Gasteiger partial charge >= 0.3 is 0 Å². The van der Waals surface area contributed by atoms with Crippen LogP contribution in [0.1, 0.15) is 59.3 Å². The second-order valence-corrected chi connectivity index (χ2v) is 6.70. The van der Waals surface area contributed by atoms with Gasteiger partial charge in [0.25, 0.3) is 0 Å². The minimum Gasteiger partial charge on any atom is -0.313 e. The maximum atomic E-state index is 3.81. The second kappa shape index (κ2) is 4.45. The summed E-state index contributed by atoms with van der Waals surface area (Å²) in [4.78, 5) is 0. The molecule has 2 aliphatic rings. The first-order valence-corrected chi connectivity index (χ1v) is 6.80. The van der Waals surface area contributed by atoms with E-state index in [9.17, 15) is 0 Å². The first-order valence-electron chi connectivity index (χ1n) is 6.80. The predicted octanol–water partition coefficient (Wildman–Crippen LogP) is 3.59. The Hall–Kier alpha value is -0.0400. The highest BCUT2D eigenvalue weighted by Gasteiger charge is 2.32. The summed E-state index contributed by atoms with van der Waals surface area (Å²) >= 11 is 0. The van der Waals surface area contributed by atoms with Crippen LogP contribution in [0.5, 0.6) is 0 Å². The average molecular weight is 209 g/mol. The van der Waals surface area contributed by atoms with Gasteiger partial charge in [0.15, 0.2) is 0 Å². The summed E-state index contributed by atoms with van der Waals surface area (Å²) in [6.07, 6.45) is 8.61. The lowest BCUT2D eigenvalue weighted by atomic mass is 9.70. The second-order valence-electron chi connectivity index (χ2n) is 6.70. The number of hydrogen-bond acceptors (Lipinski definition) is 1. The van der Waals surface area contributed by atoms with E-state index in [4.69, 9.17) is 0 Å². The maximum Gasteiger partial charge on any atom is 0.00932 e. The van der Waals surface area contributed by atoms with Crippen LogP contribution in [0.2, 0.25) is 0 Å². The zero-order chi connectivity index (χ0) is 10.9. The first kappa shape index (κ1) is 11.4. The Labute approximate surface area is 95.0 Å². The lowest BCUT2D eigenvalue weighted by molar-refractivity contribution is 0.141. The molecule has 0 heterocycles. The van der Waals surface area contributed by atoms with Crippen LogP contribution in [0.3, 0.4) is 0 Å². The van der Waals surface area contributed by atoms with Gasteiger partial charge in [-0.3, -0.25) is 0 Å². The molecule has 0 bridgehead atoms. The lowest BCUT2D eigenvalue weighted by Crippen LogP contribution is -2.44. The Morgan fingerprint density at radius 1 is 1.20 bits per heavy atom. The molecule has 88 valence electrons. The van der Waals surface area contributed by atoms with Gasteiger partial charge in [-0.15, -0.1) is 0 Å². The third-order valence-corrected chi connectivity index (χ3v) is 4.59. The van der Waals surface area contributed by atoms with Crippen molar-refractivity contribution >= 4 is 0 Å². The van der Waals surface area contributed by atoms with Crippen LogP contribution in [0, 0.1) is 17.3 Å². The number of rotatable bonds is 3. The third-order valence-electron chi connectivity index (χ3n) is 4.59. The molecule has 2 rings (SSSR count). The Balaban J connectivity index is 1.73. The van der Waals surface area contributed by atoms with Gasteiger partial charge in [0.1, 0.15) is 0 Å². The van der Waals surface area contributed by atoms with Crippen LogP contribution in [0.4, 0.5) is 0 Å². The minimum atomic E-state index is 0.591. The Morgan fingerprint density at radius 2 is 1.93 bits per heavy atom. The molecule has 2 aliphatic carbocycles. The molecule has 0 aromatic heterocycles. The van der Waals surface area contributed by atoms with Gasteiger partial charge in [0.2, 0.25) is 0 Å². The number of hydrogen-bond donors (Lipinski definition) is 1. The molecule has 2 fully saturated rings. The average Bonchev–Trinajstić information content (AvgIpc) is 2.04. The van der Waals surface area contributed by atoms with Gasteiger partial charge in [-0.05, 0) is 55.9 Å². The summed E-state index contributed by atoms with van der Waals surface area (Å²) in [6.45, 7) is 8.56. The molecule has 0 amide bonds. The van der Waals surface area contributed by atoms with E-state index >= 15 is 0 Å². The smallest absolute Gasteiger partial charge is 0.00932 e. The Morgan fingerprint density at radius 3 is 2.47 bits per heavy atom. The molecular formula is C14H27N. The molecule has 15 heavy (non-hydrogen) atoms. The molecular weight excluding hydrogens is 182 g/mol. The third kappa shape index (κ3) is 2.96. The molecule has 0 radical (unpaired) electrons. The van der Waals surface area contributed by atoms with Crippen LogP contribution >= 0.6 is 0 Å². The van der Waals surface area contributed by atoms with Crippen molar-refractivity contribution in [3.05, 3.63) is 0 Å². The van der Waals surface area contributed by atoms with Gasteiger partial charge < -0.3 is 5.32 Å². The highest BCUT2D eigenvalue weighted by Crippen LogP contribution is 2.38. The summed E-state index contributed by atoms with van der Waals surface area (Å²) in [5.41, 5.74) is 0.591. The zero-order valence-corrected chi connectivity index (χ0v) is 10.7. The molecule has 2 saturated carbocycles. The minimum absolute atomic E-state index is 0.591. The van der Waals surface area contributed by atoms with Crippen LogP contribution in [-0.4, -0.2) is 12.6 Å². The van der Waals surface area contributed by atoms with Crippen LogP contribution in [-0.2, 0) is 0 Å². The van der Waals surface area contributed by atoms with Crippen molar-refractivity contribution in [2.45, 2.75) is 65.3 Å². The van der Waals surface area contributed by atoms with E-state index in [1.165, 1.54) is 45.1 Å². The largest absolute Gasteiger partial charge is 0.313 e. The zero-order valence-electron chi connectivity index (χ0n) is 10.7. The number of nitrogens with one attached hydrogen (secondary N) is 1. The van der Waals surface area contributed by atoms with Gasteiger partial charge in [-0.1, -0.05) is 27.2 Å². The van der Waals surface area contributed by atoms with E-state index in [1.54, 1.807) is 0 Å². The van der Waals surface area contributed by atoms with Crippen molar-refractivity contribution < 1.29 is 0 Å². The molecule has 1 nitrogen and oxygen atoms in total. The molecule has 0 spiro atoms. The predicted molar refractivity (Wildman–Crippen MR) is 65.9 cm³/mol. The lowest BCUT2D eigenvalue weighted by Gasteiger charge is -2.40. The van der Waals surface area contributed by atoms with E-state index in [0.29, 0.717) is 5.41 Å². The van der Waals surface area contributed by atoms with Crippen molar-refractivity contribution in [1.29, 1.82) is 0 Å². The van der Waals surface area contributed by atoms with Gasteiger partial charge in [0, 0.05) is 6.04 Å². The SMILES string of the molecule is CC1CC(C)(C)CCC1NCC1CCC1. The van der Waals surface area contributed by atoms with E-state index in [-0.39, 0.29) is 0 Å². The highest BCUT2D eigenvalue weighted by atomic mass is 14.9. The van der Waals surface area contributed by atoms with Gasteiger partial charge in [-0.2, -0.15) is 0 Å². The first-order chi connectivity index (χ1) is 7.07. The van der Waals surface area contributed by atoms with E-state index in [0.717, 1.165) is 17.9 Å². The van der Waals surface area contributed by atoms with Crippen LogP contribution < -0.4 is 5.32 Å². The quantitative estimate of drug-likeness (QED) is 0.749. The van der Waals surface area contributed by atoms with E-state index in [1.807, 2.05) is 0 Å². The molecule has 2 atom stereocenters. The molecule has 0 saturated heterocycles. The van der Waals surface area contributed by atoms with Crippen molar-refractivity contribution in [3.63, 3.8) is 0 Å². The molecule has 1 N–H and O–H groups in total. The highest BCUT2D eigenvalue weighted by molar-refractivity contribution is 4.87. The molecule has 1 heteroatoms. The Bertz CT molecular complexity index is 205. The molecule has 0 aromatic rings. The summed E-state index contributed by atoms with van der Waals surface area (Å²) in [5, 5.41) is 3.81. The molecule has 0 aromatic carbocycles. The van der Waals surface area contributed by atoms with E-state index in [2.05, 4.69) is 26.1 Å². The fourth-order valence-electron chi connectivity index (χ4n) is 3.26. The monoisotopic (exact) mass is 209 g/mol. The standard InChI is InChI=1S/C14H27N/c1-11-9-14(2,3)8-7-13(11)15-10-12-5-4-6-12/h11-13,15H,4-10H2,1-3H3. The fourth-order valence-corrected chi connectivity index (χ4v) is 3.26. The summed E-state index contributed by atoms with van der Waals surface area (Å²) in [5.74, 6) is 1.88. The molecule has 0 aliphatic heterocycles. The van der Waals surface area contributed by atoms with Crippen molar-refractivity contribution in [2.24, 2.45) is 17.3 Å². The fraction of sp³-hybridized carbons (Fsp3) is 1.00. The Kier molecular flexibility index (Phi) is 3.39. The topological polar surface area (TPSA) is 12.0 Å². The van der Waals surface area contributed by atoms with Crippen molar-refractivity contribution in [2.75, 3.05) is 6.54 Å². The normalized spacial score (nSPS) is 36.2. The van der Waals surface area contributed by atoms with Crippen molar-refractivity contribution in [3.8, 4) is 0 Å². The summed E-state index contributed by atoms with van der Waals surface area (Å²) < 4.78 is 0. The van der Waals surface area contributed by atoms with Gasteiger partial charge in [0.05, 0.1) is 0 Å². The van der Waals surface area contributed by atoms with Crippen molar-refractivity contribution in [1.82, 2.24) is 5.32 Å². The van der Waals surface area contributed by atoms with E-state index < -0.39 is 0 Å². The maximum absolute atomic E-state index is 3.81. The molecule has 2 unspecified atom stereocenters.